The van der Waals surface area contributed by atoms with Gasteiger partial charge in [-0.15, -0.1) is 0 Å². The molecule has 1 aromatic rings. The van der Waals surface area contributed by atoms with Crippen molar-refractivity contribution in [2.75, 3.05) is 13.1 Å². The second-order valence-corrected chi connectivity index (χ2v) is 4.10. The summed E-state index contributed by atoms with van der Waals surface area (Å²) in [4.78, 5) is 33.7. The lowest BCUT2D eigenvalue weighted by molar-refractivity contribution is -0.384. The largest absolute Gasteiger partial charge is 0.480 e. The first-order chi connectivity index (χ1) is 8.85. The number of carboxylic acid groups (broad SMARTS) is 1. The van der Waals surface area contributed by atoms with Gasteiger partial charge >= 0.3 is 5.97 Å². The number of likely N-dealkylation sites (N-methyl/N-ethyl adjacent to an activating group) is 1. The first kappa shape index (κ1) is 14.9. The molecule has 8 heteroatoms. The van der Waals surface area contributed by atoms with Gasteiger partial charge in [0.2, 0.25) is 0 Å². The zero-order valence-corrected chi connectivity index (χ0v) is 10.8. The minimum atomic E-state index is -1.16. The van der Waals surface area contributed by atoms with Gasteiger partial charge in [-0.25, -0.2) is 0 Å². The van der Waals surface area contributed by atoms with Crippen LogP contribution in [0.1, 0.15) is 17.3 Å². The fourth-order valence-corrected chi connectivity index (χ4v) is 1.71. The molecule has 7 nitrogen and oxygen atoms in total. The number of hydrogen-bond acceptors (Lipinski definition) is 4. The van der Waals surface area contributed by atoms with E-state index in [0.29, 0.717) is 0 Å². The van der Waals surface area contributed by atoms with E-state index in [1.54, 1.807) is 6.92 Å². The Balaban J connectivity index is 3.10. The van der Waals surface area contributed by atoms with Crippen LogP contribution in [0.3, 0.4) is 0 Å². The maximum atomic E-state index is 12.0. The number of nitrogens with zero attached hydrogens (tertiary/aromatic N) is 2. The number of nitro groups is 1. The van der Waals surface area contributed by atoms with Crippen LogP contribution in [0.2, 0.25) is 5.02 Å². The number of aliphatic carboxylic acids is 1. The molecule has 1 rings (SSSR count). The van der Waals surface area contributed by atoms with E-state index in [9.17, 15) is 19.7 Å². The molecular formula is C11H11ClN2O5. The average molecular weight is 287 g/mol. The summed E-state index contributed by atoms with van der Waals surface area (Å²) < 4.78 is 0. The smallest absolute Gasteiger partial charge is 0.323 e. The molecule has 1 aromatic carbocycles. The lowest BCUT2D eigenvalue weighted by Gasteiger charge is -2.18. The molecule has 0 spiro atoms. The number of amides is 1. The highest BCUT2D eigenvalue weighted by Gasteiger charge is 2.20. The second kappa shape index (κ2) is 6.14. The summed E-state index contributed by atoms with van der Waals surface area (Å²) in [6, 6.07) is 3.45. The zero-order valence-electron chi connectivity index (χ0n) is 10.00. The van der Waals surface area contributed by atoms with E-state index in [1.165, 1.54) is 6.07 Å². The van der Waals surface area contributed by atoms with Crippen LogP contribution in [0.15, 0.2) is 18.2 Å². The summed E-state index contributed by atoms with van der Waals surface area (Å²) in [7, 11) is 0. The predicted molar refractivity (Wildman–Crippen MR) is 67.3 cm³/mol. The molecule has 0 aliphatic heterocycles. The second-order valence-electron chi connectivity index (χ2n) is 3.67. The lowest BCUT2D eigenvalue weighted by Crippen LogP contribution is -2.35. The van der Waals surface area contributed by atoms with Gasteiger partial charge in [-0.2, -0.15) is 0 Å². The van der Waals surface area contributed by atoms with Crippen LogP contribution in [0.5, 0.6) is 0 Å². The van der Waals surface area contributed by atoms with Gasteiger partial charge in [-0.05, 0) is 13.0 Å². The van der Waals surface area contributed by atoms with Crippen molar-refractivity contribution in [3.8, 4) is 0 Å². The molecule has 0 atom stereocenters. The number of rotatable bonds is 5. The lowest BCUT2D eigenvalue weighted by atomic mass is 10.1. The molecule has 0 saturated carbocycles. The van der Waals surface area contributed by atoms with E-state index in [2.05, 4.69) is 0 Å². The van der Waals surface area contributed by atoms with Gasteiger partial charge in [0, 0.05) is 29.3 Å². The average Bonchev–Trinajstić information content (AvgIpc) is 2.34. The first-order valence-electron chi connectivity index (χ1n) is 5.31. The maximum Gasteiger partial charge on any atom is 0.323 e. The highest BCUT2D eigenvalue weighted by atomic mass is 35.5. The van der Waals surface area contributed by atoms with Gasteiger partial charge in [-0.1, -0.05) is 11.6 Å². The Morgan fingerprint density at radius 3 is 2.53 bits per heavy atom. The summed E-state index contributed by atoms with van der Waals surface area (Å²) in [5.74, 6) is -1.78. The van der Waals surface area contributed by atoms with Crippen LogP contribution in [-0.4, -0.2) is 39.9 Å². The Kier molecular flexibility index (Phi) is 4.82. The van der Waals surface area contributed by atoms with Crippen LogP contribution in [-0.2, 0) is 4.79 Å². The number of hydrogen-bond donors (Lipinski definition) is 1. The monoisotopic (exact) mass is 286 g/mol. The summed E-state index contributed by atoms with van der Waals surface area (Å²) >= 11 is 5.70. The van der Waals surface area contributed by atoms with Gasteiger partial charge in [0.15, 0.2) is 0 Å². The molecule has 0 aromatic heterocycles. The molecule has 1 amide bonds. The van der Waals surface area contributed by atoms with Crippen molar-refractivity contribution in [3.63, 3.8) is 0 Å². The maximum absolute atomic E-state index is 12.0. The van der Waals surface area contributed by atoms with Crippen molar-refractivity contribution >= 4 is 29.2 Å². The standard InChI is InChI=1S/C11H11ClN2O5/c1-2-13(6-10(15)16)11(17)7-3-8(12)5-9(4-7)14(18)19/h3-5H,2,6H2,1H3,(H,15,16). The van der Waals surface area contributed by atoms with Crippen molar-refractivity contribution in [1.82, 2.24) is 4.90 Å². The zero-order chi connectivity index (χ0) is 14.6. The Morgan fingerprint density at radius 2 is 2.05 bits per heavy atom. The fourth-order valence-electron chi connectivity index (χ4n) is 1.48. The van der Waals surface area contributed by atoms with E-state index >= 15 is 0 Å². The van der Waals surface area contributed by atoms with E-state index < -0.39 is 23.3 Å². The normalized spacial score (nSPS) is 10.0. The Bertz CT molecular complexity index is 532. The minimum Gasteiger partial charge on any atom is -0.480 e. The van der Waals surface area contributed by atoms with Crippen LogP contribution >= 0.6 is 11.6 Å². The number of non-ortho nitro benzene ring substituents is 1. The fraction of sp³-hybridized carbons (Fsp3) is 0.273. The number of carbonyl (C=O) groups is 2. The molecule has 0 fully saturated rings. The van der Waals surface area contributed by atoms with Crippen LogP contribution in [0, 0.1) is 10.1 Å². The van der Waals surface area contributed by atoms with Crippen LogP contribution in [0.4, 0.5) is 5.69 Å². The van der Waals surface area contributed by atoms with Gasteiger partial charge in [-0.3, -0.25) is 19.7 Å². The molecule has 0 saturated heterocycles. The SMILES string of the molecule is CCN(CC(=O)O)C(=O)c1cc(Cl)cc([N+](=O)[O-])c1. The molecule has 0 radical (unpaired) electrons. The first-order valence-corrected chi connectivity index (χ1v) is 5.69. The minimum absolute atomic E-state index is 0.0118. The van der Waals surface area contributed by atoms with E-state index in [0.717, 1.165) is 17.0 Å². The molecule has 19 heavy (non-hydrogen) atoms. The summed E-state index contributed by atoms with van der Waals surface area (Å²) in [6.07, 6.45) is 0. The third kappa shape index (κ3) is 3.92. The predicted octanol–water partition coefficient (Wildman–Crippen LogP) is 1.79. The molecule has 102 valence electrons. The Morgan fingerprint density at radius 1 is 1.42 bits per heavy atom. The number of benzene rings is 1. The number of carbonyl (C=O) groups excluding carboxylic acids is 1. The van der Waals surface area contributed by atoms with Crippen molar-refractivity contribution < 1.29 is 19.6 Å². The van der Waals surface area contributed by atoms with Gasteiger partial charge in [0.25, 0.3) is 11.6 Å². The topological polar surface area (TPSA) is 101 Å². The summed E-state index contributed by atoms with van der Waals surface area (Å²) in [5.41, 5.74) is -0.329. The van der Waals surface area contributed by atoms with Crippen LogP contribution in [0.25, 0.3) is 0 Å². The third-order valence-electron chi connectivity index (χ3n) is 2.34. The molecule has 0 aliphatic carbocycles. The summed E-state index contributed by atoms with van der Waals surface area (Å²) in [6.45, 7) is 1.31. The Hall–Kier alpha value is -2.15. The molecule has 1 N–H and O–H groups in total. The highest BCUT2D eigenvalue weighted by Crippen LogP contribution is 2.21. The van der Waals surface area contributed by atoms with Crippen LogP contribution < -0.4 is 0 Å². The highest BCUT2D eigenvalue weighted by molar-refractivity contribution is 6.31. The van der Waals surface area contributed by atoms with E-state index in [4.69, 9.17) is 16.7 Å². The summed E-state index contributed by atoms with van der Waals surface area (Å²) in [5, 5.41) is 19.4. The van der Waals surface area contributed by atoms with Crippen molar-refractivity contribution in [3.05, 3.63) is 38.9 Å². The molecule has 0 aliphatic rings. The van der Waals surface area contributed by atoms with E-state index in [-0.39, 0.29) is 22.8 Å². The molecule has 0 unspecified atom stereocenters. The molecule has 0 heterocycles. The molecular weight excluding hydrogens is 276 g/mol. The van der Waals surface area contributed by atoms with Crippen molar-refractivity contribution in [1.29, 1.82) is 0 Å². The van der Waals surface area contributed by atoms with Crippen molar-refractivity contribution in [2.45, 2.75) is 6.92 Å². The molecule has 0 bridgehead atoms. The number of halogens is 1. The third-order valence-corrected chi connectivity index (χ3v) is 2.55. The number of nitro benzene ring substituents is 1. The van der Waals surface area contributed by atoms with Crippen molar-refractivity contribution in [2.24, 2.45) is 0 Å². The van der Waals surface area contributed by atoms with E-state index in [1.807, 2.05) is 0 Å². The van der Waals surface area contributed by atoms with Gasteiger partial charge in [0.05, 0.1) is 4.92 Å². The van der Waals surface area contributed by atoms with Gasteiger partial charge < -0.3 is 10.0 Å². The van der Waals surface area contributed by atoms with Gasteiger partial charge in [0.1, 0.15) is 6.54 Å². The Labute approximate surface area is 113 Å². The quantitative estimate of drug-likeness (QED) is 0.657. The number of carboxylic acids is 1.